The molecule has 0 N–H and O–H groups in total. The van der Waals surface area contributed by atoms with E-state index >= 15 is 0 Å². The van der Waals surface area contributed by atoms with Gasteiger partial charge in [-0.2, -0.15) is 0 Å². The van der Waals surface area contributed by atoms with Gasteiger partial charge < -0.3 is 4.74 Å². The van der Waals surface area contributed by atoms with Crippen LogP contribution in [0.2, 0.25) is 0 Å². The molecule has 2 nitrogen and oxygen atoms in total. The van der Waals surface area contributed by atoms with Gasteiger partial charge in [-0.05, 0) is 6.92 Å². The molecule has 0 aromatic rings. The van der Waals surface area contributed by atoms with Crippen LogP contribution in [0.25, 0.3) is 0 Å². The van der Waals surface area contributed by atoms with Gasteiger partial charge in [-0.15, -0.1) is 0 Å². The predicted molar refractivity (Wildman–Crippen MR) is 34.9 cm³/mol. The van der Waals surface area contributed by atoms with Gasteiger partial charge in [0.05, 0.1) is 5.76 Å². The summed E-state index contributed by atoms with van der Waals surface area (Å²) in [7, 11) is 1.68. The lowest BCUT2D eigenvalue weighted by Crippen LogP contribution is -1.94. The number of hydrogen-bond donors (Lipinski definition) is 0. The van der Waals surface area contributed by atoms with E-state index in [9.17, 15) is 0 Å². The molecule has 0 aliphatic carbocycles. The third-order valence-electron chi connectivity index (χ3n) is 0.637. The first-order valence-corrected chi connectivity index (χ1v) is 2.43. The van der Waals surface area contributed by atoms with Crippen molar-refractivity contribution in [3.05, 3.63) is 12.3 Å². The summed E-state index contributed by atoms with van der Waals surface area (Å²) in [4.78, 5) is 3.76. The van der Waals surface area contributed by atoms with Gasteiger partial charge in [0, 0.05) is 14.0 Å². The van der Waals surface area contributed by atoms with Crippen LogP contribution < -0.4 is 0 Å². The molecule has 0 fully saturated rings. The maximum Gasteiger partial charge on any atom is 0.186 e. The van der Waals surface area contributed by atoms with E-state index in [0.29, 0.717) is 11.7 Å². The second kappa shape index (κ2) is 3.24. The molecule has 0 saturated carbocycles. The Hall–Kier alpha value is -0.790. The van der Waals surface area contributed by atoms with E-state index in [0.717, 1.165) is 0 Å². The first-order valence-electron chi connectivity index (χ1n) is 2.43. The number of ether oxygens (including phenoxy) is 1. The van der Waals surface area contributed by atoms with E-state index < -0.39 is 0 Å². The van der Waals surface area contributed by atoms with E-state index in [-0.39, 0.29) is 0 Å². The van der Waals surface area contributed by atoms with Gasteiger partial charge in [0.25, 0.3) is 0 Å². The molecule has 2 heteroatoms. The molecule has 0 aliphatic heterocycles. The average molecular weight is 113 g/mol. The third-order valence-corrected chi connectivity index (χ3v) is 0.637. The first kappa shape index (κ1) is 7.21. The van der Waals surface area contributed by atoms with E-state index in [1.54, 1.807) is 20.9 Å². The number of rotatable bonds is 1. The van der Waals surface area contributed by atoms with Crippen LogP contribution >= 0.6 is 0 Å². The van der Waals surface area contributed by atoms with Crippen LogP contribution in [0.3, 0.4) is 0 Å². The summed E-state index contributed by atoms with van der Waals surface area (Å²) in [5.41, 5.74) is 0. The topological polar surface area (TPSA) is 21.6 Å². The maximum atomic E-state index is 4.95. The molecule has 0 atom stereocenters. The van der Waals surface area contributed by atoms with Gasteiger partial charge in [-0.25, -0.2) is 0 Å². The molecule has 0 heterocycles. The third kappa shape index (κ3) is 3.40. The van der Waals surface area contributed by atoms with Crippen molar-refractivity contribution in [3.63, 3.8) is 0 Å². The molecular formula is C6H11NO. The Labute approximate surface area is 49.9 Å². The van der Waals surface area contributed by atoms with Gasteiger partial charge in [-0.1, -0.05) is 6.58 Å². The minimum absolute atomic E-state index is 0.650. The SMILES string of the molecule is C=C(C)O/C(C)=N\C. The lowest BCUT2D eigenvalue weighted by Gasteiger charge is -1.99. The summed E-state index contributed by atoms with van der Waals surface area (Å²) in [5.74, 6) is 1.32. The predicted octanol–water partition coefficient (Wildman–Crippen LogP) is 1.58. The van der Waals surface area contributed by atoms with Crippen LogP contribution in [0.5, 0.6) is 0 Å². The summed E-state index contributed by atoms with van der Waals surface area (Å²) < 4.78 is 4.95. The van der Waals surface area contributed by atoms with Crippen LogP contribution in [-0.2, 0) is 4.74 Å². The molecule has 8 heavy (non-hydrogen) atoms. The van der Waals surface area contributed by atoms with Crippen molar-refractivity contribution in [2.45, 2.75) is 13.8 Å². The summed E-state index contributed by atoms with van der Waals surface area (Å²) >= 11 is 0. The molecule has 0 bridgehead atoms. The minimum Gasteiger partial charge on any atom is -0.449 e. The highest BCUT2D eigenvalue weighted by molar-refractivity contribution is 5.73. The lowest BCUT2D eigenvalue weighted by atomic mass is 10.6. The summed E-state index contributed by atoms with van der Waals surface area (Å²) in [6, 6.07) is 0. The Morgan fingerprint density at radius 2 is 2.00 bits per heavy atom. The highest BCUT2D eigenvalue weighted by Crippen LogP contribution is 1.90. The first-order chi connectivity index (χ1) is 3.66. The Balaban J connectivity index is 3.56. The maximum absolute atomic E-state index is 4.95. The Kier molecular flexibility index (Phi) is 2.92. The van der Waals surface area contributed by atoms with Gasteiger partial charge in [-0.3, -0.25) is 4.99 Å². The number of hydrogen-bond acceptors (Lipinski definition) is 2. The molecule has 0 radical (unpaired) electrons. The summed E-state index contributed by atoms with van der Waals surface area (Å²) in [5, 5.41) is 0. The van der Waals surface area contributed by atoms with Crippen molar-refractivity contribution in [1.82, 2.24) is 0 Å². The summed E-state index contributed by atoms with van der Waals surface area (Å²) in [6.45, 7) is 7.11. The molecule has 0 unspecified atom stereocenters. The van der Waals surface area contributed by atoms with Gasteiger partial charge >= 0.3 is 0 Å². The molecule has 0 amide bonds. The van der Waals surface area contributed by atoms with E-state index in [1.807, 2.05) is 0 Å². The van der Waals surface area contributed by atoms with Crippen LogP contribution in [0.1, 0.15) is 13.8 Å². The molecular weight excluding hydrogens is 102 g/mol. The zero-order valence-electron chi connectivity index (χ0n) is 5.56. The molecule has 0 rings (SSSR count). The smallest absolute Gasteiger partial charge is 0.186 e. The zero-order chi connectivity index (χ0) is 6.57. The van der Waals surface area contributed by atoms with Gasteiger partial charge in [0.2, 0.25) is 0 Å². The summed E-state index contributed by atoms with van der Waals surface area (Å²) in [6.07, 6.45) is 0. The number of nitrogens with zero attached hydrogens (tertiary/aromatic N) is 1. The van der Waals surface area contributed by atoms with Crippen molar-refractivity contribution >= 4 is 5.90 Å². The molecule has 0 aromatic carbocycles. The normalized spacial score (nSPS) is 11.1. The zero-order valence-corrected chi connectivity index (χ0v) is 5.56. The Morgan fingerprint density at radius 1 is 1.50 bits per heavy atom. The second-order valence-electron chi connectivity index (χ2n) is 1.55. The fourth-order valence-electron chi connectivity index (χ4n) is 0.298. The molecule has 0 aliphatic rings. The highest BCUT2D eigenvalue weighted by Gasteiger charge is 1.85. The standard InChI is InChI=1S/C6H11NO/c1-5(2)8-6(3)7-4/h1H2,2-4H3/b7-6-. The van der Waals surface area contributed by atoms with Crippen LogP contribution in [-0.4, -0.2) is 12.9 Å². The average Bonchev–Trinajstić information content (AvgIpc) is 1.65. The number of allylic oxidation sites excluding steroid dienone is 1. The van der Waals surface area contributed by atoms with Crippen molar-refractivity contribution in [3.8, 4) is 0 Å². The quantitative estimate of drug-likeness (QED) is 0.287. The van der Waals surface area contributed by atoms with Gasteiger partial charge in [0.15, 0.2) is 5.90 Å². The van der Waals surface area contributed by atoms with E-state index in [1.165, 1.54) is 0 Å². The molecule has 0 saturated heterocycles. The Bertz CT molecular complexity index is 116. The molecule has 0 aromatic heterocycles. The van der Waals surface area contributed by atoms with E-state index in [4.69, 9.17) is 4.74 Å². The minimum atomic E-state index is 0.650. The number of aliphatic imine (C=N–C) groups is 1. The van der Waals surface area contributed by atoms with Crippen LogP contribution in [0.4, 0.5) is 0 Å². The monoisotopic (exact) mass is 113 g/mol. The molecule has 46 valence electrons. The van der Waals surface area contributed by atoms with E-state index in [2.05, 4.69) is 11.6 Å². The van der Waals surface area contributed by atoms with Crippen LogP contribution in [0.15, 0.2) is 17.3 Å². The fourth-order valence-corrected chi connectivity index (χ4v) is 0.298. The Morgan fingerprint density at radius 3 is 2.12 bits per heavy atom. The molecule has 0 spiro atoms. The fraction of sp³-hybridized carbons (Fsp3) is 0.500. The largest absolute Gasteiger partial charge is 0.449 e. The van der Waals surface area contributed by atoms with Crippen molar-refractivity contribution in [2.75, 3.05) is 7.05 Å². The highest BCUT2D eigenvalue weighted by atomic mass is 16.5. The lowest BCUT2D eigenvalue weighted by molar-refractivity contribution is 0.416. The van der Waals surface area contributed by atoms with Gasteiger partial charge in [0.1, 0.15) is 0 Å². The second-order valence-corrected chi connectivity index (χ2v) is 1.55. The van der Waals surface area contributed by atoms with Crippen molar-refractivity contribution < 1.29 is 4.74 Å². The van der Waals surface area contributed by atoms with Crippen molar-refractivity contribution in [2.24, 2.45) is 4.99 Å². The van der Waals surface area contributed by atoms with Crippen molar-refractivity contribution in [1.29, 1.82) is 0 Å². The van der Waals surface area contributed by atoms with Crippen LogP contribution in [0, 0.1) is 0 Å².